The summed E-state index contributed by atoms with van der Waals surface area (Å²) in [6.45, 7) is 1.44. The van der Waals surface area contributed by atoms with Crippen LogP contribution in [0.2, 0.25) is 0 Å². The molecule has 0 amide bonds. The normalized spacial score (nSPS) is 17.6. The molecule has 1 N–H and O–H groups in total. The Morgan fingerprint density at radius 2 is 2.23 bits per heavy atom. The van der Waals surface area contributed by atoms with Crippen LogP contribution in [-0.2, 0) is 9.53 Å². The molecule has 8 heteroatoms. The lowest BCUT2D eigenvalue weighted by atomic mass is 10.00. The van der Waals surface area contributed by atoms with Crippen LogP contribution in [-0.4, -0.2) is 36.3 Å². The number of carbonyl (C=O) groups is 1. The second-order valence-corrected chi connectivity index (χ2v) is 4.40. The summed E-state index contributed by atoms with van der Waals surface area (Å²) in [5, 5.41) is 11.3. The van der Waals surface area contributed by atoms with Gasteiger partial charge in [0.2, 0.25) is 6.10 Å². The first-order chi connectivity index (χ1) is 10.4. The Labute approximate surface area is 123 Å². The number of carbonyl (C=O) groups excluding carboxylic acids is 1. The van der Waals surface area contributed by atoms with E-state index in [0.29, 0.717) is 5.56 Å². The highest BCUT2D eigenvalue weighted by Gasteiger charge is 2.48. The minimum atomic E-state index is -4.75. The number of ether oxygens (including phenoxy) is 2. The summed E-state index contributed by atoms with van der Waals surface area (Å²) in [7, 11) is 0. The fourth-order valence-electron chi connectivity index (χ4n) is 1.99. The van der Waals surface area contributed by atoms with Crippen LogP contribution in [0.15, 0.2) is 28.9 Å². The molecule has 1 aromatic carbocycles. The van der Waals surface area contributed by atoms with E-state index in [9.17, 15) is 18.0 Å². The first kappa shape index (κ1) is 15.9. The van der Waals surface area contributed by atoms with Gasteiger partial charge in [0.25, 0.3) is 0 Å². The number of halogens is 3. The lowest BCUT2D eigenvalue weighted by molar-refractivity contribution is -0.187. The average molecular weight is 315 g/mol. The van der Waals surface area contributed by atoms with E-state index in [4.69, 9.17) is 9.94 Å². The molecule has 0 aromatic heterocycles. The Bertz CT molecular complexity index is 637. The van der Waals surface area contributed by atoms with Gasteiger partial charge in [-0.25, -0.2) is 4.79 Å². The molecular weight excluding hydrogens is 303 g/mol. The fourth-order valence-corrected chi connectivity index (χ4v) is 1.99. The third kappa shape index (κ3) is 3.21. The quantitative estimate of drug-likeness (QED) is 0.403. The molecule has 1 unspecified atom stereocenters. The lowest BCUT2D eigenvalue weighted by Gasteiger charge is -2.27. The molecule has 22 heavy (non-hydrogen) atoms. The van der Waals surface area contributed by atoms with Crippen LogP contribution < -0.4 is 4.74 Å². The van der Waals surface area contributed by atoms with E-state index in [2.05, 4.69) is 9.89 Å². The summed E-state index contributed by atoms with van der Waals surface area (Å²) >= 11 is 0. The van der Waals surface area contributed by atoms with Gasteiger partial charge in [-0.15, -0.1) is 0 Å². The minimum absolute atomic E-state index is 0.0227. The highest BCUT2D eigenvalue weighted by Crippen LogP contribution is 2.37. The van der Waals surface area contributed by atoms with Crippen LogP contribution in [0.25, 0.3) is 6.08 Å². The van der Waals surface area contributed by atoms with Crippen LogP contribution in [0, 0.1) is 0 Å². The molecular formula is C14H12F3NO4. The molecule has 0 radical (unpaired) electrons. The number of hydrogen-bond acceptors (Lipinski definition) is 5. The third-order valence-electron chi connectivity index (χ3n) is 2.89. The number of nitrogens with zero attached hydrogens (tertiary/aromatic N) is 1. The smallest absolute Gasteiger partial charge is 0.430 e. The Morgan fingerprint density at radius 1 is 1.50 bits per heavy atom. The van der Waals surface area contributed by atoms with Crippen molar-refractivity contribution < 1.29 is 32.6 Å². The van der Waals surface area contributed by atoms with Gasteiger partial charge >= 0.3 is 12.1 Å². The van der Waals surface area contributed by atoms with Crippen molar-refractivity contribution in [1.29, 1.82) is 0 Å². The Hall–Kier alpha value is -2.51. The monoisotopic (exact) mass is 315 g/mol. The van der Waals surface area contributed by atoms with Crippen LogP contribution in [0.5, 0.6) is 5.75 Å². The fraction of sp³-hybridized carbons (Fsp3) is 0.286. The number of fused-ring (bicyclic) bond motifs is 1. The van der Waals surface area contributed by atoms with Crippen molar-refractivity contribution in [3.8, 4) is 5.75 Å². The SMILES string of the molecule is CCOC(=O)C1=Cc2cc(/C=N\O)ccc2OC1C(F)(F)F. The van der Waals surface area contributed by atoms with Crippen molar-refractivity contribution in [3.63, 3.8) is 0 Å². The van der Waals surface area contributed by atoms with E-state index < -0.39 is 23.8 Å². The Morgan fingerprint density at radius 3 is 2.82 bits per heavy atom. The zero-order valence-electron chi connectivity index (χ0n) is 11.4. The molecule has 1 heterocycles. The number of esters is 1. The van der Waals surface area contributed by atoms with Crippen molar-refractivity contribution in [2.45, 2.75) is 19.2 Å². The molecule has 1 aromatic rings. The topological polar surface area (TPSA) is 68.1 Å². The second-order valence-electron chi connectivity index (χ2n) is 4.40. The maximum absolute atomic E-state index is 13.1. The van der Waals surface area contributed by atoms with E-state index in [1.807, 2.05) is 0 Å². The van der Waals surface area contributed by atoms with E-state index in [-0.39, 0.29) is 17.9 Å². The van der Waals surface area contributed by atoms with Crippen LogP contribution >= 0.6 is 0 Å². The van der Waals surface area contributed by atoms with Crippen molar-refractivity contribution >= 4 is 18.3 Å². The van der Waals surface area contributed by atoms with Gasteiger partial charge in [-0.05, 0) is 36.8 Å². The molecule has 0 spiro atoms. The molecule has 0 saturated heterocycles. The summed E-state index contributed by atoms with van der Waals surface area (Å²) in [6, 6.07) is 4.17. The summed E-state index contributed by atoms with van der Waals surface area (Å²) in [5.74, 6) is -1.11. The second kappa shape index (κ2) is 6.08. The summed E-state index contributed by atoms with van der Waals surface area (Å²) < 4.78 is 48.7. The molecule has 118 valence electrons. The molecule has 0 bridgehead atoms. The Kier molecular flexibility index (Phi) is 4.39. The van der Waals surface area contributed by atoms with Gasteiger partial charge in [0.1, 0.15) is 5.75 Å². The number of rotatable bonds is 3. The summed E-state index contributed by atoms with van der Waals surface area (Å²) in [6.07, 6.45) is -4.95. The maximum Gasteiger partial charge on any atom is 0.430 e. The van der Waals surface area contributed by atoms with E-state index >= 15 is 0 Å². The molecule has 1 aliphatic rings. The van der Waals surface area contributed by atoms with Gasteiger partial charge in [0.15, 0.2) is 0 Å². The van der Waals surface area contributed by atoms with Crippen molar-refractivity contribution in [3.05, 3.63) is 34.9 Å². The summed E-state index contributed by atoms with van der Waals surface area (Å²) in [4.78, 5) is 11.7. The van der Waals surface area contributed by atoms with Crippen molar-refractivity contribution in [2.24, 2.45) is 5.16 Å². The highest BCUT2D eigenvalue weighted by atomic mass is 19.4. The van der Waals surface area contributed by atoms with Gasteiger partial charge in [0, 0.05) is 5.56 Å². The van der Waals surface area contributed by atoms with Gasteiger partial charge < -0.3 is 14.7 Å². The summed E-state index contributed by atoms with van der Waals surface area (Å²) in [5.41, 5.74) is 0.0793. The van der Waals surface area contributed by atoms with Crippen molar-refractivity contribution in [1.82, 2.24) is 0 Å². The van der Waals surface area contributed by atoms with Gasteiger partial charge in [-0.3, -0.25) is 0 Å². The number of alkyl halides is 3. The van der Waals surface area contributed by atoms with Crippen LogP contribution in [0.3, 0.4) is 0 Å². The number of oxime groups is 1. The molecule has 1 atom stereocenters. The van der Waals surface area contributed by atoms with E-state index in [1.54, 1.807) is 0 Å². The lowest BCUT2D eigenvalue weighted by Crippen LogP contribution is -2.40. The van der Waals surface area contributed by atoms with E-state index in [1.165, 1.54) is 25.1 Å². The van der Waals surface area contributed by atoms with Gasteiger partial charge in [-0.2, -0.15) is 13.2 Å². The molecule has 2 rings (SSSR count). The number of benzene rings is 1. The zero-order chi connectivity index (χ0) is 16.3. The molecule has 0 aliphatic carbocycles. The zero-order valence-corrected chi connectivity index (χ0v) is 11.4. The van der Waals surface area contributed by atoms with Gasteiger partial charge in [0.05, 0.1) is 18.4 Å². The predicted octanol–water partition coefficient (Wildman–Crippen LogP) is 2.76. The van der Waals surface area contributed by atoms with Gasteiger partial charge in [-0.1, -0.05) is 5.16 Å². The first-order valence-electron chi connectivity index (χ1n) is 6.30. The predicted molar refractivity (Wildman–Crippen MR) is 70.9 cm³/mol. The standard InChI is InChI=1S/C14H12F3NO4/c1-2-21-13(19)10-6-9-5-8(7-18-20)3-4-11(9)22-12(10)14(15,16)17/h3-7,12,20H,2H2,1H3/b18-7-. The molecule has 5 nitrogen and oxygen atoms in total. The average Bonchev–Trinajstić information content (AvgIpc) is 2.45. The van der Waals surface area contributed by atoms with Crippen molar-refractivity contribution in [2.75, 3.05) is 6.61 Å². The maximum atomic E-state index is 13.1. The number of hydrogen-bond donors (Lipinski definition) is 1. The third-order valence-corrected chi connectivity index (χ3v) is 2.89. The van der Waals surface area contributed by atoms with Crippen LogP contribution in [0.1, 0.15) is 18.1 Å². The van der Waals surface area contributed by atoms with Crippen LogP contribution in [0.4, 0.5) is 13.2 Å². The molecule has 0 saturated carbocycles. The first-order valence-corrected chi connectivity index (χ1v) is 6.30. The minimum Gasteiger partial charge on any atom is -0.475 e. The Balaban J connectivity index is 2.49. The highest BCUT2D eigenvalue weighted by molar-refractivity contribution is 5.96. The largest absolute Gasteiger partial charge is 0.475 e. The molecule has 1 aliphatic heterocycles. The molecule has 0 fully saturated rings. The van der Waals surface area contributed by atoms with E-state index in [0.717, 1.165) is 12.3 Å².